The lowest BCUT2D eigenvalue weighted by Gasteiger charge is -2.33. The normalized spacial score (nSPS) is 19.5. The van der Waals surface area contributed by atoms with E-state index in [4.69, 9.17) is 0 Å². The molecule has 2 aromatic rings. The van der Waals surface area contributed by atoms with Crippen LogP contribution >= 0.6 is 0 Å². The van der Waals surface area contributed by atoms with E-state index in [0.717, 1.165) is 19.5 Å². The van der Waals surface area contributed by atoms with Crippen LogP contribution in [0.5, 0.6) is 0 Å². The number of likely N-dealkylation sites (tertiary alicyclic amines) is 1. The molecular formula is C19H27N3. The van der Waals surface area contributed by atoms with Crippen molar-refractivity contribution in [1.29, 1.82) is 0 Å². The first-order chi connectivity index (χ1) is 10.7. The molecule has 1 atom stereocenters. The highest BCUT2D eigenvalue weighted by Gasteiger charge is 2.24. The minimum atomic E-state index is 0.608. The van der Waals surface area contributed by atoms with Gasteiger partial charge in [-0.05, 0) is 56.3 Å². The van der Waals surface area contributed by atoms with E-state index in [-0.39, 0.29) is 0 Å². The molecule has 1 aliphatic heterocycles. The lowest BCUT2D eigenvalue weighted by molar-refractivity contribution is 0.198. The fourth-order valence-corrected chi connectivity index (χ4v) is 3.66. The number of aryl methyl sites for hydroxylation is 3. The highest BCUT2D eigenvalue weighted by molar-refractivity contribution is 5.30. The molecule has 0 spiro atoms. The Morgan fingerprint density at radius 1 is 1.27 bits per heavy atom. The van der Waals surface area contributed by atoms with E-state index in [9.17, 15) is 0 Å². The van der Waals surface area contributed by atoms with Gasteiger partial charge in [0.1, 0.15) is 0 Å². The third-order valence-electron chi connectivity index (χ3n) is 4.94. The first-order valence-corrected chi connectivity index (χ1v) is 8.48. The summed E-state index contributed by atoms with van der Waals surface area (Å²) in [5, 5.41) is 7.51. The van der Waals surface area contributed by atoms with Crippen LogP contribution in [0.4, 0.5) is 0 Å². The zero-order valence-corrected chi connectivity index (χ0v) is 14.0. The van der Waals surface area contributed by atoms with Gasteiger partial charge in [0.05, 0.1) is 6.20 Å². The van der Waals surface area contributed by atoms with Crippen LogP contribution in [0.3, 0.4) is 0 Å². The molecule has 0 aliphatic carbocycles. The summed E-state index contributed by atoms with van der Waals surface area (Å²) in [6.07, 6.45) is 5.62. The van der Waals surface area contributed by atoms with Crippen LogP contribution in [0.1, 0.15) is 53.6 Å². The highest BCUT2D eigenvalue weighted by atomic mass is 15.1. The van der Waals surface area contributed by atoms with Gasteiger partial charge in [-0.3, -0.25) is 10.00 Å². The largest absolute Gasteiger partial charge is 0.298 e. The van der Waals surface area contributed by atoms with Crippen molar-refractivity contribution in [3.8, 4) is 0 Å². The molecular weight excluding hydrogens is 270 g/mol. The summed E-state index contributed by atoms with van der Waals surface area (Å²) < 4.78 is 0. The maximum atomic E-state index is 4.26. The fraction of sp³-hybridized carbons (Fsp3) is 0.526. The van der Waals surface area contributed by atoms with Gasteiger partial charge in [0.15, 0.2) is 0 Å². The van der Waals surface area contributed by atoms with Crippen molar-refractivity contribution in [3.63, 3.8) is 0 Å². The quantitative estimate of drug-likeness (QED) is 0.926. The summed E-state index contributed by atoms with van der Waals surface area (Å²) in [7, 11) is 0. The van der Waals surface area contributed by atoms with E-state index in [1.165, 1.54) is 47.3 Å². The van der Waals surface area contributed by atoms with E-state index in [0.29, 0.717) is 5.92 Å². The van der Waals surface area contributed by atoms with Crippen molar-refractivity contribution < 1.29 is 0 Å². The lowest BCUT2D eigenvalue weighted by atomic mass is 9.91. The standard InChI is InChI=1S/C19H27N3/c1-4-16-11-20-21-19(16)18-6-5-9-22(13-18)12-17-8-7-14(2)10-15(17)3/h7-8,10-11,18H,4-6,9,12-13H2,1-3H3,(H,20,21)/t18-/m0/s1. The Labute approximate surface area is 133 Å². The molecule has 1 saturated heterocycles. The Morgan fingerprint density at radius 3 is 2.91 bits per heavy atom. The van der Waals surface area contributed by atoms with Gasteiger partial charge < -0.3 is 0 Å². The Hall–Kier alpha value is -1.61. The average molecular weight is 297 g/mol. The smallest absolute Gasteiger partial charge is 0.0522 e. The second-order valence-corrected chi connectivity index (χ2v) is 6.67. The molecule has 1 N–H and O–H groups in total. The molecule has 1 aromatic carbocycles. The average Bonchev–Trinajstić information content (AvgIpc) is 2.99. The van der Waals surface area contributed by atoms with Crippen LogP contribution in [0.15, 0.2) is 24.4 Å². The summed E-state index contributed by atoms with van der Waals surface area (Å²) in [6.45, 7) is 10.0. The van der Waals surface area contributed by atoms with Gasteiger partial charge in [0.25, 0.3) is 0 Å². The number of aromatic amines is 1. The van der Waals surface area contributed by atoms with Crippen molar-refractivity contribution in [2.45, 2.75) is 52.5 Å². The number of H-pyrrole nitrogens is 1. The molecule has 0 saturated carbocycles. The number of hydrogen-bond acceptors (Lipinski definition) is 2. The van der Waals surface area contributed by atoms with Gasteiger partial charge in [-0.25, -0.2) is 0 Å². The summed E-state index contributed by atoms with van der Waals surface area (Å²) in [5.74, 6) is 0.608. The molecule has 22 heavy (non-hydrogen) atoms. The van der Waals surface area contributed by atoms with E-state index >= 15 is 0 Å². The molecule has 0 amide bonds. The van der Waals surface area contributed by atoms with Gasteiger partial charge in [-0.2, -0.15) is 5.10 Å². The molecule has 0 radical (unpaired) electrons. The SMILES string of the molecule is CCc1cn[nH]c1[C@H]1CCCN(Cc2ccc(C)cc2C)C1. The maximum absolute atomic E-state index is 4.26. The van der Waals surface area contributed by atoms with Gasteiger partial charge in [-0.15, -0.1) is 0 Å². The number of benzene rings is 1. The van der Waals surface area contributed by atoms with Crippen molar-refractivity contribution in [2.24, 2.45) is 0 Å². The maximum Gasteiger partial charge on any atom is 0.0522 e. The highest BCUT2D eigenvalue weighted by Crippen LogP contribution is 2.29. The molecule has 3 nitrogen and oxygen atoms in total. The summed E-state index contributed by atoms with van der Waals surface area (Å²) in [5.41, 5.74) is 6.98. The van der Waals surface area contributed by atoms with Crippen LogP contribution in [0.25, 0.3) is 0 Å². The van der Waals surface area contributed by atoms with Crippen molar-refractivity contribution in [3.05, 3.63) is 52.3 Å². The number of piperidine rings is 1. The molecule has 0 bridgehead atoms. The van der Waals surface area contributed by atoms with E-state index < -0.39 is 0 Å². The zero-order chi connectivity index (χ0) is 15.5. The van der Waals surface area contributed by atoms with Crippen LogP contribution in [-0.4, -0.2) is 28.2 Å². The van der Waals surface area contributed by atoms with E-state index in [1.807, 2.05) is 6.20 Å². The second kappa shape index (κ2) is 6.66. The summed E-state index contributed by atoms with van der Waals surface area (Å²) in [6, 6.07) is 6.82. The molecule has 1 aliphatic rings. The number of nitrogens with one attached hydrogen (secondary N) is 1. The van der Waals surface area contributed by atoms with Gasteiger partial charge >= 0.3 is 0 Å². The fourth-order valence-electron chi connectivity index (χ4n) is 3.66. The monoisotopic (exact) mass is 297 g/mol. The van der Waals surface area contributed by atoms with Gasteiger partial charge in [0.2, 0.25) is 0 Å². The topological polar surface area (TPSA) is 31.9 Å². The first kappa shape index (κ1) is 15.3. The molecule has 3 heteroatoms. The van der Waals surface area contributed by atoms with Crippen LogP contribution in [-0.2, 0) is 13.0 Å². The van der Waals surface area contributed by atoms with Gasteiger partial charge in [-0.1, -0.05) is 30.7 Å². The minimum absolute atomic E-state index is 0.608. The zero-order valence-electron chi connectivity index (χ0n) is 14.0. The van der Waals surface area contributed by atoms with Crippen LogP contribution in [0.2, 0.25) is 0 Å². The Balaban J connectivity index is 1.70. The summed E-state index contributed by atoms with van der Waals surface area (Å²) in [4.78, 5) is 2.60. The van der Waals surface area contributed by atoms with Crippen molar-refractivity contribution >= 4 is 0 Å². The molecule has 118 valence electrons. The number of rotatable bonds is 4. The Bertz CT molecular complexity index is 629. The third kappa shape index (κ3) is 3.25. The first-order valence-electron chi connectivity index (χ1n) is 8.48. The van der Waals surface area contributed by atoms with Crippen LogP contribution in [0, 0.1) is 13.8 Å². The second-order valence-electron chi connectivity index (χ2n) is 6.67. The molecule has 2 heterocycles. The predicted molar refractivity (Wildman–Crippen MR) is 91.1 cm³/mol. The van der Waals surface area contributed by atoms with Crippen LogP contribution < -0.4 is 0 Å². The number of aromatic nitrogens is 2. The molecule has 1 aromatic heterocycles. The molecule has 3 rings (SSSR count). The van der Waals surface area contributed by atoms with E-state index in [1.54, 1.807) is 0 Å². The number of nitrogens with zero attached hydrogens (tertiary/aromatic N) is 2. The van der Waals surface area contributed by atoms with Crippen molar-refractivity contribution in [2.75, 3.05) is 13.1 Å². The van der Waals surface area contributed by atoms with Gasteiger partial charge in [0, 0.05) is 24.7 Å². The molecule has 0 unspecified atom stereocenters. The number of hydrogen-bond donors (Lipinski definition) is 1. The van der Waals surface area contributed by atoms with E-state index in [2.05, 4.69) is 54.1 Å². The lowest BCUT2D eigenvalue weighted by Crippen LogP contribution is -2.34. The molecule has 1 fully saturated rings. The minimum Gasteiger partial charge on any atom is -0.298 e. The predicted octanol–water partition coefficient (Wildman–Crippen LogP) is 3.97. The Kier molecular flexibility index (Phi) is 4.63. The van der Waals surface area contributed by atoms with Crippen molar-refractivity contribution in [1.82, 2.24) is 15.1 Å². The Morgan fingerprint density at radius 2 is 2.14 bits per heavy atom. The summed E-state index contributed by atoms with van der Waals surface area (Å²) >= 11 is 0. The third-order valence-corrected chi connectivity index (χ3v) is 4.94.